The summed E-state index contributed by atoms with van der Waals surface area (Å²) in [6, 6.07) is 10.3. The molecule has 1 aromatic heterocycles. The molecule has 3 heterocycles. The van der Waals surface area contributed by atoms with Crippen molar-refractivity contribution >= 4 is 28.6 Å². The Kier molecular flexibility index (Phi) is 3.59. The Hall–Kier alpha value is -1.52. The molecule has 0 aliphatic carbocycles. The van der Waals surface area contributed by atoms with Crippen LogP contribution in [0.25, 0.3) is 0 Å². The zero-order chi connectivity index (χ0) is 15.1. The summed E-state index contributed by atoms with van der Waals surface area (Å²) in [6.45, 7) is 2.18. The van der Waals surface area contributed by atoms with Gasteiger partial charge in [0.15, 0.2) is 6.23 Å². The number of thiophene rings is 1. The fraction of sp³-hybridized carbons (Fsp3) is 0.353. The number of hydrazone groups is 1. The van der Waals surface area contributed by atoms with Crippen LogP contribution < -0.4 is 4.74 Å². The van der Waals surface area contributed by atoms with Crippen molar-refractivity contribution in [1.82, 2.24) is 5.01 Å². The van der Waals surface area contributed by atoms with Gasteiger partial charge in [0, 0.05) is 23.4 Å². The Labute approximate surface area is 139 Å². The van der Waals surface area contributed by atoms with Gasteiger partial charge in [-0.25, -0.2) is 0 Å². The second kappa shape index (κ2) is 5.60. The summed E-state index contributed by atoms with van der Waals surface area (Å²) in [5.41, 5.74) is 2.30. The van der Waals surface area contributed by atoms with E-state index < -0.39 is 0 Å². The molecule has 22 heavy (non-hydrogen) atoms. The highest BCUT2D eigenvalue weighted by atomic mass is 35.5. The van der Waals surface area contributed by atoms with Crippen molar-refractivity contribution in [3.05, 3.63) is 51.2 Å². The van der Waals surface area contributed by atoms with Crippen molar-refractivity contribution in [1.29, 1.82) is 0 Å². The van der Waals surface area contributed by atoms with Crippen LogP contribution >= 0.6 is 22.9 Å². The molecular weight excluding hydrogens is 316 g/mol. The van der Waals surface area contributed by atoms with E-state index in [0.29, 0.717) is 0 Å². The van der Waals surface area contributed by atoms with Gasteiger partial charge in [-0.3, -0.25) is 5.01 Å². The van der Waals surface area contributed by atoms with Crippen LogP contribution in [-0.2, 0) is 0 Å². The minimum absolute atomic E-state index is 0.0149. The van der Waals surface area contributed by atoms with Crippen LogP contribution in [0.2, 0.25) is 5.02 Å². The third kappa shape index (κ3) is 2.31. The number of halogens is 1. The number of hydrogen-bond donors (Lipinski definition) is 0. The van der Waals surface area contributed by atoms with E-state index in [4.69, 9.17) is 21.4 Å². The zero-order valence-electron chi connectivity index (χ0n) is 12.3. The van der Waals surface area contributed by atoms with Crippen molar-refractivity contribution in [2.24, 2.45) is 5.10 Å². The van der Waals surface area contributed by atoms with Crippen molar-refractivity contribution in [3.63, 3.8) is 0 Å². The molecule has 2 atom stereocenters. The van der Waals surface area contributed by atoms with Gasteiger partial charge in [0.2, 0.25) is 0 Å². The molecular formula is C17H17ClN2OS. The van der Waals surface area contributed by atoms with Crippen molar-refractivity contribution in [2.75, 3.05) is 0 Å². The Morgan fingerprint density at radius 2 is 2.32 bits per heavy atom. The molecule has 0 bridgehead atoms. The highest BCUT2D eigenvalue weighted by Gasteiger charge is 2.40. The predicted molar refractivity (Wildman–Crippen MR) is 90.8 cm³/mol. The van der Waals surface area contributed by atoms with Crippen molar-refractivity contribution in [3.8, 4) is 5.75 Å². The number of hydrogen-bond acceptors (Lipinski definition) is 4. The van der Waals surface area contributed by atoms with Gasteiger partial charge in [-0.2, -0.15) is 5.10 Å². The lowest BCUT2D eigenvalue weighted by Gasteiger charge is -2.38. The molecule has 0 N–H and O–H groups in total. The Balaban J connectivity index is 1.74. The average Bonchev–Trinajstić information content (AvgIpc) is 3.17. The van der Waals surface area contributed by atoms with Crippen molar-refractivity contribution in [2.45, 2.75) is 38.5 Å². The molecule has 2 aliphatic heterocycles. The number of benzene rings is 1. The average molecular weight is 333 g/mol. The van der Waals surface area contributed by atoms with Crippen molar-refractivity contribution < 1.29 is 4.74 Å². The van der Waals surface area contributed by atoms with Crippen LogP contribution in [0.5, 0.6) is 5.75 Å². The van der Waals surface area contributed by atoms with Gasteiger partial charge in [0.25, 0.3) is 0 Å². The maximum Gasteiger partial charge on any atom is 0.187 e. The molecule has 2 aromatic rings. The summed E-state index contributed by atoms with van der Waals surface area (Å²) in [6.07, 6.45) is 2.97. The van der Waals surface area contributed by atoms with Gasteiger partial charge < -0.3 is 4.74 Å². The first kappa shape index (κ1) is 14.1. The maximum absolute atomic E-state index is 6.19. The van der Waals surface area contributed by atoms with E-state index in [1.54, 1.807) is 11.3 Å². The molecule has 0 saturated heterocycles. The molecule has 114 valence electrons. The lowest BCUT2D eigenvalue weighted by Crippen LogP contribution is -2.40. The number of fused-ring (bicyclic) bond motifs is 3. The minimum atomic E-state index is 0.0149. The molecule has 0 radical (unpaired) electrons. The Morgan fingerprint density at radius 1 is 1.41 bits per heavy atom. The van der Waals surface area contributed by atoms with Crippen LogP contribution in [-0.4, -0.2) is 16.9 Å². The van der Waals surface area contributed by atoms with E-state index in [1.807, 2.05) is 18.2 Å². The molecule has 0 spiro atoms. The van der Waals surface area contributed by atoms with Gasteiger partial charge in [-0.05, 0) is 29.6 Å². The molecule has 0 fully saturated rings. The van der Waals surface area contributed by atoms with Gasteiger partial charge in [0.1, 0.15) is 5.75 Å². The lowest BCUT2D eigenvalue weighted by atomic mass is 9.98. The lowest BCUT2D eigenvalue weighted by molar-refractivity contribution is -0.0223. The second-order valence-corrected chi connectivity index (χ2v) is 7.05. The summed E-state index contributed by atoms with van der Waals surface area (Å²) in [4.78, 5) is 1.24. The van der Waals surface area contributed by atoms with Crippen LogP contribution in [0, 0.1) is 0 Å². The minimum Gasteiger partial charge on any atom is -0.469 e. The number of ether oxygens (including phenoxy) is 1. The van der Waals surface area contributed by atoms with Crippen LogP contribution in [0.4, 0.5) is 0 Å². The number of nitrogens with zero attached hydrogens (tertiary/aromatic N) is 2. The SMILES string of the molecule is CCC[C@H]1Oc2ccc(Cl)cc2[C@H]2CC(c3cccs3)=NN21. The molecule has 5 heteroatoms. The van der Waals surface area contributed by atoms with Crippen LogP contribution in [0.15, 0.2) is 40.8 Å². The fourth-order valence-electron chi connectivity index (χ4n) is 3.16. The summed E-state index contributed by atoms with van der Waals surface area (Å²) < 4.78 is 6.17. The van der Waals surface area contributed by atoms with E-state index in [0.717, 1.165) is 41.3 Å². The first-order valence-corrected chi connectivity index (χ1v) is 8.88. The summed E-state index contributed by atoms with van der Waals surface area (Å²) in [5.74, 6) is 0.951. The van der Waals surface area contributed by atoms with Gasteiger partial charge >= 0.3 is 0 Å². The highest BCUT2D eigenvalue weighted by molar-refractivity contribution is 7.12. The monoisotopic (exact) mass is 332 g/mol. The Bertz CT molecular complexity index is 713. The first-order chi connectivity index (χ1) is 10.8. The van der Waals surface area contributed by atoms with Gasteiger partial charge in [-0.15, -0.1) is 11.3 Å². The first-order valence-electron chi connectivity index (χ1n) is 7.62. The highest BCUT2D eigenvalue weighted by Crippen LogP contribution is 2.44. The van der Waals surface area contributed by atoms with E-state index >= 15 is 0 Å². The fourth-order valence-corrected chi connectivity index (χ4v) is 4.06. The van der Waals surface area contributed by atoms with Gasteiger partial charge in [-0.1, -0.05) is 31.0 Å². The van der Waals surface area contributed by atoms with Crippen LogP contribution in [0.1, 0.15) is 42.7 Å². The van der Waals surface area contributed by atoms with E-state index in [1.165, 1.54) is 4.88 Å². The largest absolute Gasteiger partial charge is 0.469 e. The second-order valence-electron chi connectivity index (χ2n) is 5.67. The standard InChI is InChI=1S/C17H17ClN2OS/c1-2-4-17-20-14(10-13(19-20)16-5-3-8-22-16)12-9-11(18)6-7-15(12)21-17/h3,5-9,14,17H,2,4,10H2,1H3/t14-,17-/m1/s1. The molecule has 2 aliphatic rings. The third-order valence-corrected chi connectivity index (χ3v) is 5.33. The molecule has 0 amide bonds. The predicted octanol–water partition coefficient (Wildman–Crippen LogP) is 5.07. The van der Waals surface area contributed by atoms with E-state index in [2.05, 4.69) is 29.4 Å². The molecule has 3 nitrogen and oxygen atoms in total. The number of rotatable bonds is 3. The zero-order valence-corrected chi connectivity index (χ0v) is 13.9. The quantitative estimate of drug-likeness (QED) is 0.783. The maximum atomic E-state index is 6.19. The normalized spacial score (nSPS) is 22.8. The van der Waals surface area contributed by atoms with Gasteiger partial charge in [0.05, 0.1) is 16.6 Å². The third-order valence-electron chi connectivity index (χ3n) is 4.17. The molecule has 4 rings (SSSR count). The topological polar surface area (TPSA) is 24.8 Å². The molecule has 1 aromatic carbocycles. The molecule has 0 unspecified atom stereocenters. The van der Waals surface area contributed by atoms with Crippen LogP contribution in [0.3, 0.4) is 0 Å². The smallest absolute Gasteiger partial charge is 0.187 e. The summed E-state index contributed by atoms with van der Waals surface area (Å²) >= 11 is 7.93. The van der Waals surface area contributed by atoms with E-state index in [-0.39, 0.29) is 12.3 Å². The summed E-state index contributed by atoms with van der Waals surface area (Å²) in [5, 5.41) is 9.86. The molecule has 0 saturated carbocycles. The van der Waals surface area contributed by atoms with E-state index in [9.17, 15) is 0 Å². The Morgan fingerprint density at radius 3 is 3.09 bits per heavy atom. The summed E-state index contributed by atoms with van der Waals surface area (Å²) in [7, 11) is 0.